The third-order valence-corrected chi connectivity index (χ3v) is 6.85. The molecule has 0 bridgehead atoms. The Bertz CT molecular complexity index is 1170. The molecule has 2 aromatic carbocycles. The SMILES string of the molecule is COC(=O)c1ccc(O[C@H]2C[C@H](OC3CCN(c4ccc(C(=O)OC(C)(C)C)cc4)CC3)C2)cc1C(=O)OC. The first-order valence-electron chi connectivity index (χ1n) is 13.3. The zero-order valence-electron chi connectivity index (χ0n) is 23.2. The first kappa shape index (κ1) is 28.4. The van der Waals surface area contributed by atoms with Gasteiger partial charge in [-0.2, -0.15) is 0 Å². The Morgan fingerprint density at radius 1 is 0.769 bits per heavy atom. The minimum absolute atomic E-state index is 0.0203. The van der Waals surface area contributed by atoms with Gasteiger partial charge in [-0.3, -0.25) is 0 Å². The lowest BCUT2D eigenvalue weighted by atomic mass is 9.91. The van der Waals surface area contributed by atoms with Crippen molar-refractivity contribution in [1.29, 1.82) is 0 Å². The summed E-state index contributed by atoms with van der Waals surface area (Å²) in [4.78, 5) is 38.7. The summed E-state index contributed by atoms with van der Waals surface area (Å²) < 4.78 is 27.3. The van der Waals surface area contributed by atoms with Crippen molar-refractivity contribution in [1.82, 2.24) is 0 Å². The number of hydrogen-bond donors (Lipinski definition) is 0. The van der Waals surface area contributed by atoms with Crippen LogP contribution in [0.4, 0.5) is 5.69 Å². The Labute approximate surface area is 229 Å². The summed E-state index contributed by atoms with van der Waals surface area (Å²) in [6.45, 7) is 7.34. The number of carbonyl (C=O) groups is 3. The number of methoxy groups -OCH3 is 2. The van der Waals surface area contributed by atoms with Crippen LogP contribution in [0.25, 0.3) is 0 Å². The molecular weight excluding hydrogens is 502 g/mol. The summed E-state index contributed by atoms with van der Waals surface area (Å²) in [6.07, 6.45) is 3.68. The molecule has 0 atom stereocenters. The van der Waals surface area contributed by atoms with Crippen LogP contribution >= 0.6 is 0 Å². The van der Waals surface area contributed by atoms with E-state index in [9.17, 15) is 14.4 Å². The summed E-state index contributed by atoms with van der Waals surface area (Å²) >= 11 is 0. The van der Waals surface area contributed by atoms with Crippen LogP contribution < -0.4 is 9.64 Å². The molecule has 2 fully saturated rings. The van der Waals surface area contributed by atoms with E-state index >= 15 is 0 Å². The van der Waals surface area contributed by atoms with E-state index in [0.29, 0.717) is 11.3 Å². The second kappa shape index (κ2) is 12.1. The molecule has 9 nitrogen and oxygen atoms in total. The van der Waals surface area contributed by atoms with E-state index in [1.54, 1.807) is 6.07 Å². The minimum Gasteiger partial charge on any atom is -0.490 e. The van der Waals surface area contributed by atoms with Crippen LogP contribution in [0.2, 0.25) is 0 Å². The van der Waals surface area contributed by atoms with Gasteiger partial charge in [-0.1, -0.05) is 0 Å². The number of nitrogens with zero attached hydrogens (tertiary/aromatic N) is 1. The van der Waals surface area contributed by atoms with Gasteiger partial charge in [-0.05, 0) is 76.1 Å². The van der Waals surface area contributed by atoms with Crippen LogP contribution in [0.5, 0.6) is 5.75 Å². The van der Waals surface area contributed by atoms with Gasteiger partial charge in [0, 0.05) is 31.6 Å². The lowest BCUT2D eigenvalue weighted by Gasteiger charge is -2.40. The van der Waals surface area contributed by atoms with Crippen LogP contribution in [0.1, 0.15) is 77.5 Å². The monoisotopic (exact) mass is 539 g/mol. The van der Waals surface area contributed by atoms with E-state index in [2.05, 4.69) is 4.90 Å². The maximum atomic E-state index is 12.3. The van der Waals surface area contributed by atoms with Gasteiger partial charge < -0.3 is 28.6 Å². The molecule has 4 rings (SSSR count). The molecular formula is C30H37NO8. The highest BCUT2D eigenvalue weighted by Gasteiger charge is 2.35. The molecule has 2 aromatic rings. The second-order valence-corrected chi connectivity index (χ2v) is 10.9. The van der Waals surface area contributed by atoms with Crippen molar-refractivity contribution in [3.8, 4) is 5.75 Å². The van der Waals surface area contributed by atoms with Crippen molar-refractivity contribution < 1.29 is 38.1 Å². The maximum Gasteiger partial charge on any atom is 0.338 e. The average molecular weight is 540 g/mol. The first-order chi connectivity index (χ1) is 18.6. The standard InChI is InChI=1S/C30H37NO8/c1-30(2,3)39-27(32)19-6-8-20(9-7-19)31-14-12-21(13-15-31)37-23-16-24(17-23)38-22-10-11-25(28(33)35-4)26(18-22)29(34)36-5/h6-11,18,21,23-24H,12-17H2,1-5H3/t23-,24-. The number of hydrogen-bond acceptors (Lipinski definition) is 9. The molecule has 2 aliphatic rings. The highest BCUT2D eigenvalue weighted by molar-refractivity contribution is 6.03. The fourth-order valence-electron chi connectivity index (χ4n) is 4.75. The second-order valence-electron chi connectivity index (χ2n) is 10.9. The molecule has 0 unspecified atom stereocenters. The summed E-state index contributed by atoms with van der Waals surface area (Å²) in [7, 11) is 2.52. The van der Waals surface area contributed by atoms with Crippen molar-refractivity contribution in [3.63, 3.8) is 0 Å². The highest BCUT2D eigenvalue weighted by Crippen LogP contribution is 2.32. The zero-order valence-corrected chi connectivity index (χ0v) is 23.2. The number of piperidine rings is 1. The van der Waals surface area contributed by atoms with Gasteiger partial charge in [0.1, 0.15) is 17.5 Å². The van der Waals surface area contributed by atoms with Gasteiger partial charge in [-0.15, -0.1) is 0 Å². The van der Waals surface area contributed by atoms with Crippen molar-refractivity contribution in [2.75, 3.05) is 32.2 Å². The predicted octanol–water partition coefficient (Wildman–Crippen LogP) is 4.81. The number of benzene rings is 2. The van der Waals surface area contributed by atoms with Crippen molar-refractivity contribution in [2.24, 2.45) is 0 Å². The molecule has 0 spiro atoms. The Hall–Kier alpha value is -3.59. The zero-order chi connectivity index (χ0) is 28.2. The molecule has 39 heavy (non-hydrogen) atoms. The number of anilines is 1. The number of ether oxygens (including phenoxy) is 5. The largest absolute Gasteiger partial charge is 0.490 e. The Morgan fingerprint density at radius 3 is 1.97 bits per heavy atom. The van der Waals surface area contributed by atoms with Crippen LogP contribution in [-0.2, 0) is 18.9 Å². The molecule has 1 aliphatic heterocycles. The van der Waals surface area contributed by atoms with Crippen molar-refractivity contribution in [2.45, 2.75) is 70.4 Å². The average Bonchev–Trinajstić information content (AvgIpc) is 2.90. The molecule has 210 valence electrons. The summed E-state index contributed by atoms with van der Waals surface area (Å²) in [5, 5.41) is 0. The number of carbonyl (C=O) groups excluding carboxylic acids is 3. The lowest BCUT2D eigenvalue weighted by molar-refractivity contribution is -0.101. The third kappa shape index (κ3) is 7.29. The summed E-state index contributed by atoms with van der Waals surface area (Å²) in [5.74, 6) is -1.05. The fourth-order valence-corrected chi connectivity index (χ4v) is 4.75. The van der Waals surface area contributed by atoms with Gasteiger partial charge in [0.25, 0.3) is 0 Å². The van der Waals surface area contributed by atoms with E-state index in [-0.39, 0.29) is 35.4 Å². The Morgan fingerprint density at radius 2 is 1.38 bits per heavy atom. The van der Waals surface area contributed by atoms with Gasteiger partial charge in [-0.25, -0.2) is 14.4 Å². The first-order valence-corrected chi connectivity index (χ1v) is 13.3. The van der Waals surface area contributed by atoms with E-state index in [1.165, 1.54) is 26.4 Å². The smallest absolute Gasteiger partial charge is 0.338 e. The Balaban J connectivity index is 1.22. The Kier molecular flexibility index (Phi) is 8.80. The van der Waals surface area contributed by atoms with Crippen LogP contribution in [-0.4, -0.2) is 69.1 Å². The topological polar surface area (TPSA) is 101 Å². The molecule has 9 heteroatoms. The van der Waals surface area contributed by atoms with Crippen LogP contribution in [0, 0.1) is 0 Å². The summed E-state index contributed by atoms with van der Waals surface area (Å²) in [6, 6.07) is 12.3. The van der Waals surface area contributed by atoms with E-state index in [4.69, 9.17) is 23.7 Å². The highest BCUT2D eigenvalue weighted by atomic mass is 16.6. The molecule has 1 heterocycles. The van der Waals surface area contributed by atoms with Crippen molar-refractivity contribution in [3.05, 3.63) is 59.2 Å². The third-order valence-electron chi connectivity index (χ3n) is 6.85. The molecule has 0 radical (unpaired) electrons. The lowest BCUT2D eigenvalue weighted by Crippen LogP contribution is -2.44. The van der Waals surface area contributed by atoms with E-state index < -0.39 is 17.5 Å². The van der Waals surface area contributed by atoms with Gasteiger partial charge in [0.2, 0.25) is 0 Å². The molecule has 1 aliphatic carbocycles. The molecule has 0 N–H and O–H groups in total. The quantitative estimate of drug-likeness (QED) is 0.345. The maximum absolute atomic E-state index is 12.3. The van der Waals surface area contributed by atoms with Crippen molar-refractivity contribution >= 4 is 23.6 Å². The van der Waals surface area contributed by atoms with E-state index in [0.717, 1.165) is 44.5 Å². The molecule has 1 saturated carbocycles. The number of esters is 3. The molecule has 0 aromatic heterocycles. The molecule has 1 saturated heterocycles. The molecule has 0 amide bonds. The number of rotatable bonds is 8. The van der Waals surface area contributed by atoms with E-state index in [1.807, 2.05) is 45.0 Å². The van der Waals surface area contributed by atoms with Crippen LogP contribution in [0.15, 0.2) is 42.5 Å². The van der Waals surface area contributed by atoms with Gasteiger partial charge in [0.05, 0.1) is 43.1 Å². The fraction of sp³-hybridized carbons (Fsp3) is 0.500. The van der Waals surface area contributed by atoms with Crippen LogP contribution in [0.3, 0.4) is 0 Å². The normalized spacial score (nSPS) is 19.6. The summed E-state index contributed by atoms with van der Waals surface area (Å²) in [5.41, 5.74) is 1.37. The minimum atomic E-state index is -0.624. The van der Waals surface area contributed by atoms with Gasteiger partial charge in [0.15, 0.2) is 0 Å². The predicted molar refractivity (Wildman–Crippen MR) is 144 cm³/mol. The van der Waals surface area contributed by atoms with Gasteiger partial charge >= 0.3 is 17.9 Å².